The van der Waals surface area contributed by atoms with Gasteiger partial charge in [-0.05, 0) is 11.4 Å². The standard InChI is InChI=1S/C11H12F3N3O2S/c12-11(13,14)6-18-4-3-8-16-10(19-17-8)9(15)7-2-1-5-20-7/h1-2,5,9H,3-4,6,15H2. The minimum absolute atomic E-state index is 0.132. The van der Waals surface area contributed by atoms with Crippen LogP contribution >= 0.6 is 11.3 Å². The van der Waals surface area contributed by atoms with Crippen LogP contribution in [0.3, 0.4) is 0 Å². The molecule has 20 heavy (non-hydrogen) atoms. The molecule has 0 aliphatic heterocycles. The van der Waals surface area contributed by atoms with Gasteiger partial charge in [-0.2, -0.15) is 18.2 Å². The molecule has 2 heterocycles. The van der Waals surface area contributed by atoms with E-state index < -0.39 is 18.8 Å². The fourth-order valence-electron chi connectivity index (χ4n) is 1.44. The van der Waals surface area contributed by atoms with E-state index in [0.717, 1.165) is 4.88 Å². The molecule has 5 nitrogen and oxygen atoms in total. The Morgan fingerprint density at radius 2 is 2.25 bits per heavy atom. The monoisotopic (exact) mass is 307 g/mol. The van der Waals surface area contributed by atoms with Crippen molar-refractivity contribution in [2.75, 3.05) is 13.2 Å². The quantitative estimate of drug-likeness (QED) is 0.829. The zero-order valence-corrected chi connectivity index (χ0v) is 11.1. The van der Waals surface area contributed by atoms with Gasteiger partial charge in [0.1, 0.15) is 12.6 Å². The molecule has 1 unspecified atom stereocenters. The van der Waals surface area contributed by atoms with Crippen LogP contribution in [0.15, 0.2) is 22.0 Å². The molecule has 2 aromatic heterocycles. The van der Waals surface area contributed by atoms with Gasteiger partial charge >= 0.3 is 6.18 Å². The number of nitrogens with zero attached hydrogens (tertiary/aromatic N) is 2. The van der Waals surface area contributed by atoms with Gasteiger partial charge in [0.2, 0.25) is 5.89 Å². The molecule has 0 radical (unpaired) electrons. The third kappa shape index (κ3) is 4.29. The number of hydrogen-bond acceptors (Lipinski definition) is 6. The lowest BCUT2D eigenvalue weighted by Gasteiger charge is -2.05. The lowest BCUT2D eigenvalue weighted by molar-refractivity contribution is -0.173. The zero-order chi connectivity index (χ0) is 14.6. The first-order valence-corrected chi connectivity index (χ1v) is 6.59. The summed E-state index contributed by atoms with van der Waals surface area (Å²) in [6.45, 7) is -1.42. The average Bonchev–Trinajstić information content (AvgIpc) is 3.04. The number of thiophene rings is 1. The molecule has 0 aliphatic carbocycles. The predicted molar refractivity (Wildman–Crippen MR) is 65.2 cm³/mol. The van der Waals surface area contributed by atoms with E-state index in [1.54, 1.807) is 0 Å². The van der Waals surface area contributed by atoms with Gasteiger partial charge in [-0.1, -0.05) is 11.2 Å². The lowest BCUT2D eigenvalue weighted by atomic mass is 10.2. The lowest BCUT2D eigenvalue weighted by Crippen LogP contribution is -2.18. The van der Waals surface area contributed by atoms with Crippen molar-refractivity contribution in [2.24, 2.45) is 5.73 Å². The first-order chi connectivity index (χ1) is 9.46. The van der Waals surface area contributed by atoms with Gasteiger partial charge in [-0.3, -0.25) is 0 Å². The summed E-state index contributed by atoms with van der Waals surface area (Å²) < 4.78 is 45.0. The Morgan fingerprint density at radius 3 is 2.90 bits per heavy atom. The van der Waals surface area contributed by atoms with Crippen LogP contribution in [0.25, 0.3) is 0 Å². The summed E-state index contributed by atoms with van der Waals surface area (Å²) in [6.07, 6.45) is -4.19. The maximum atomic E-state index is 11.9. The number of hydrogen-bond donors (Lipinski definition) is 1. The normalized spacial score (nSPS) is 13.6. The molecule has 110 valence electrons. The Hall–Kier alpha value is -1.45. The minimum atomic E-state index is -4.33. The van der Waals surface area contributed by atoms with E-state index in [-0.39, 0.29) is 24.7 Å². The van der Waals surface area contributed by atoms with Crippen LogP contribution in [0.5, 0.6) is 0 Å². The molecule has 2 aromatic rings. The van der Waals surface area contributed by atoms with Crippen LogP contribution < -0.4 is 5.73 Å². The summed E-state index contributed by atoms with van der Waals surface area (Å²) in [6, 6.07) is 3.17. The fourth-order valence-corrected chi connectivity index (χ4v) is 2.16. The number of halogens is 3. The number of alkyl halides is 3. The smallest absolute Gasteiger partial charge is 0.372 e. The Labute approximate surface area is 116 Å². The molecule has 2 rings (SSSR count). The summed E-state index contributed by atoms with van der Waals surface area (Å²) in [4.78, 5) is 4.91. The van der Waals surface area contributed by atoms with Crippen molar-refractivity contribution in [2.45, 2.75) is 18.6 Å². The van der Waals surface area contributed by atoms with Crippen molar-refractivity contribution >= 4 is 11.3 Å². The second kappa shape index (κ2) is 6.33. The van der Waals surface area contributed by atoms with Crippen LogP contribution in [0.4, 0.5) is 13.2 Å². The fraction of sp³-hybridized carbons (Fsp3) is 0.455. The Bertz CT molecular complexity index is 527. The van der Waals surface area contributed by atoms with E-state index >= 15 is 0 Å². The van der Waals surface area contributed by atoms with Gasteiger partial charge in [0.05, 0.1) is 6.61 Å². The molecule has 0 saturated carbocycles. The van der Waals surface area contributed by atoms with Crippen LogP contribution in [-0.4, -0.2) is 29.5 Å². The molecule has 9 heteroatoms. The summed E-state index contributed by atoms with van der Waals surface area (Å²) >= 11 is 1.46. The van der Waals surface area contributed by atoms with Crippen molar-refractivity contribution < 1.29 is 22.4 Å². The first kappa shape index (κ1) is 14.9. The summed E-state index contributed by atoms with van der Waals surface area (Å²) in [5.41, 5.74) is 5.92. The molecule has 0 amide bonds. The van der Waals surface area contributed by atoms with Gasteiger partial charge in [0.25, 0.3) is 0 Å². The van der Waals surface area contributed by atoms with E-state index in [0.29, 0.717) is 0 Å². The second-order valence-corrected chi connectivity index (χ2v) is 4.94. The molecular formula is C11H12F3N3O2S. The van der Waals surface area contributed by atoms with Crippen molar-refractivity contribution in [3.8, 4) is 0 Å². The summed E-state index contributed by atoms with van der Waals surface area (Å²) in [5, 5.41) is 5.53. The van der Waals surface area contributed by atoms with Crippen LogP contribution in [0, 0.1) is 0 Å². The molecule has 0 spiro atoms. The van der Waals surface area contributed by atoms with Gasteiger partial charge in [0, 0.05) is 11.3 Å². The Balaban J connectivity index is 1.83. The van der Waals surface area contributed by atoms with Crippen LogP contribution in [-0.2, 0) is 11.2 Å². The molecular weight excluding hydrogens is 295 g/mol. The Kier molecular flexibility index (Phi) is 4.73. The maximum absolute atomic E-state index is 11.9. The SMILES string of the molecule is NC(c1nc(CCOCC(F)(F)F)no1)c1cccs1. The van der Waals surface area contributed by atoms with Crippen molar-refractivity contribution in [1.82, 2.24) is 10.1 Å². The number of ether oxygens (including phenoxy) is 1. The topological polar surface area (TPSA) is 74.2 Å². The van der Waals surface area contributed by atoms with Gasteiger partial charge < -0.3 is 15.0 Å². The summed E-state index contributed by atoms with van der Waals surface area (Å²) in [7, 11) is 0. The van der Waals surface area contributed by atoms with Gasteiger partial charge in [-0.25, -0.2) is 0 Å². The van der Waals surface area contributed by atoms with Crippen molar-refractivity contribution in [1.29, 1.82) is 0 Å². The third-order valence-electron chi connectivity index (χ3n) is 2.34. The van der Waals surface area contributed by atoms with Crippen molar-refractivity contribution in [3.05, 3.63) is 34.1 Å². The predicted octanol–water partition coefficient (Wildman–Crippen LogP) is 2.30. The molecule has 0 saturated heterocycles. The highest BCUT2D eigenvalue weighted by Gasteiger charge is 2.27. The summed E-state index contributed by atoms with van der Waals surface area (Å²) in [5.74, 6) is 0.507. The first-order valence-electron chi connectivity index (χ1n) is 5.71. The van der Waals surface area contributed by atoms with E-state index in [2.05, 4.69) is 14.9 Å². The largest absolute Gasteiger partial charge is 0.411 e. The van der Waals surface area contributed by atoms with Gasteiger partial charge in [-0.15, -0.1) is 11.3 Å². The molecule has 0 aromatic carbocycles. The van der Waals surface area contributed by atoms with Crippen LogP contribution in [0.1, 0.15) is 22.6 Å². The van der Waals surface area contributed by atoms with Crippen LogP contribution in [0.2, 0.25) is 0 Å². The molecule has 1 atom stereocenters. The number of nitrogens with two attached hydrogens (primary N) is 1. The van der Waals surface area contributed by atoms with E-state index in [9.17, 15) is 13.2 Å². The highest BCUT2D eigenvalue weighted by Crippen LogP contribution is 2.22. The number of rotatable bonds is 6. The van der Waals surface area contributed by atoms with E-state index in [1.165, 1.54) is 11.3 Å². The number of aromatic nitrogens is 2. The average molecular weight is 307 g/mol. The minimum Gasteiger partial charge on any atom is -0.372 e. The molecule has 2 N–H and O–H groups in total. The maximum Gasteiger partial charge on any atom is 0.411 e. The zero-order valence-electron chi connectivity index (χ0n) is 10.3. The van der Waals surface area contributed by atoms with E-state index in [1.807, 2.05) is 17.5 Å². The molecule has 0 fully saturated rings. The molecule has 0 bridgehead atoms. The van der Waals surface area contributed by atoms with Gasteiger partial charge in [0.15, 0.2) is 5.82 Å². The van der Waals surface area contributed by atoms with E-state index in [4.69, 9.17) is 10.3 Å². The molecule has 0 aliphatic rings. The second-order valence-electron chi connectivity index (χ2n) is 3.96. The highest BCUT2D eigenvalue weighted by molar-refractivity contribution is 7.10. The van der Waals surface area contributed by atoms with Crippen molar-refractivity contribution in [3.63, 3.8) is 0 Å². The highest BCUT2D eigenvalue weighted by atomic mass is 32.1. The Morgan fingerprint density at radius 1 is 1.45 bits per heavy atom. The third-order valence-corrected chi connectivity index (χ3v) is 3.29.